The largest absolute Gasteiger partial charge is 0.332 e. The van der Waals surface area contributed by atoms with E-state index in [9.17, 15) is 4.79 Å². The molecule has 1 unspecified atom stereocenters. The van der Waals surface area contributed by atoms with Crippen molar-refractivity contribution in [3.63, 3.8) is 0 Å². The average molecular weight is 173 g/mol. The first-order valence-corrected chi connectivity index (χ1v) is 4.71. The Balaban J connectivity index is 2.19. The first-order chi connectivity index (χ1) is 5.20. The second-order valence-corrected chi connectivity index (χ2v) is 4.40. The van der Waals surface area contributed by atoms with Gasteiger partial charge in [0.25, 0.3) is 0 Å². The summed E-state index contributed by atoms with van der Waals surface area (Å²) in [5, 5.41) is 4.63. The number of hydrogen-bond acceptors (Lipinski definition) is 3. The van der Waals surface area contributed by atoms with Gasteiger partial charge in [-0.25, -0.2) is 10.6 Å². The highest BCUT2D eigenvalue weighted by atomic mass is 32.2. The van der Waals surface area contributed by atoms with Crippen LogP contribution in [0.5, 0.6) is 0 Å². The van der Waals surface area contributed by atoms with E-state index in [1.807, 2.05) is 11.8 Å². The molecular formula is C6H11N3OS. The van der Waals surface area contributed by atoms with Gasteiger partial charge in [0.15, 0.2) is 0 Å². The molecule has 2 saturated heterocycles. The van der Waals surface area contributed by atoms with Crippen LogP contribution < -0.4 is 11.2 Å². The molecule has 4 nitrogen and oxygen atoms in total. The molecule has 0 aromatic rings. The highest BCUT2D eigenvalue weighted by molar-refractivity contribution is 8.00. The van der Waals surface area contributed by atoms with Gasteiger partial charge in [-0.15, -0.1) is 0 Å². The van der Waals surface area contributed by atoms with Crippen LogP contribution in [0.4, 0.5) is 4.79 Å². The standard InChI is InChI=1S/C6H11N3OS/c1-3-5-4(2-11-3)8-6(10)9(5)7/h3-5H,2,7H2,1H3,(H,8,10)/t3?,4-,5+/m1/s1. The molecule has 2 aliphatic heterocycles. The molecule has 2 amide bonds. The van der Waals surface area contributed by atoms with Crippen molar-refractivity contribution >= 4 is 17.8 Å². The third-order valence-corrected chi connectivity index (χ3v) is 3.65. The summed E-state index contributed by atoms with van der Waals surface area (Å²) in [5.41, 5.74) is 0. The summed E-state index contributed by atoms with van der Waals surface area (Å²) in [6.07, 6.45) is 0. The van der Waals surface area contributed by atoms with Crippen LogP contribution in [0.2, 0.25) is 0 Å². The summed E-state index contributed by atoms with van der Waals surface area (Å²) in [6.45, 7) is 2.11. The Morgan fingerprint density at radius 3 is 3.18 bits per heavy atom. The maximum Gasteiger partial charge on any atom is 0.332 e. The van der Waals surface area contributed by atoms with E-state index in [-0.39, 0.29) is 18.1 Å². The molecule has 0 bridgehead atoms. The quantitative estimate of drug-likeness (QED) is 0.302. The number of nitrogens with one attached hydrogen (secondary N) is 1. The van der Waals surface area contributed by atoms with Crippen LogP contribution >= 0.6 is 11.8 Å². The molecule has 2 heterocycles. The number of nitrogens with two attached hydrogens (primary N) is 1. The van der Waals surface area contributed by atoms with Gasteiger partial charge in [0, 0.05) is 11.0 Å². The van der Waals surface area contributed by atoms with E-state index in [1.54, 1.807) is 0 Å². The number of rotatable bonds is 0. The number of urea groups is 1. The Morgan fingerprint density at radius 1 is 1.82 bits per heavy atom. The van der Waals surface area contributed by atoms with Crippen LogP contribution in [-0.4, -0.2) is 34.1 Å². The highest BCUT2D eigenvalue weighted by Crippen LogP contribution is 2.32. The third-order valence-electron chi connectivity index (χ3n) is 2.30. The molecule has 0 radical (unpaired) electrons. The lowest BCUT2D eigenvalue weighted by Gasteiger charge is -2.19. The normalized spacial score (nSPS) is 42.5. The van der Waals surface area contributed by atoms with Gasteiger partial charge in [0.2, 0.25) is 0 Å². The number of hydrazine groups is 1. The molecule has 2 aliphatic rings. The number of hydrogen-bond donors (Lipinski definition) is 2. The molecule has 0 spiro atoms. The predicted octanol–water partition coefficient (Wildman–Crippen LogP) is -0.242. The minimum Gasteiger partial charge on any atom is -0.331 e. The Kier molecular flexibility index (Phi) is 1.50. The molecule has 0 aromatic carbocycles. The Labute approximate surface area is 69.5 Å². The van der Waals surface area contributed by atoms with E-state index in [2.05, 4.69) is 12.2 Å². The molecular weight excluding hydrogens is 162 g/mol. The number of thioether (sulfide) groups is 1. The highest BCUT2D eigenvalue weighted by Gasteiger charge is 2.45. The molecule has 3 N–H and O–H groups in total. The first kappa shape index (κ1) is 7.24. The number of nitrogens with zero attached hydrogens (tertiary/aromatic N) is 1. The van der Waals surface area contributed by atoms with Crippen molar-refractivity contribution in [2.45, 2.75) is 24.3 Å². The molecule has 11 heavy (non-hydrogen) atoms. The van der Waals surface area contributed by atoms with Crippen LogP contribution in [0.1, 0.15) is 6.92 Å². The summed E-state index contributed by atoms with van der Waals surface area (Å²) in [6, 6.07) is 0.340. The van der Waals surface area contributed by atoms with E-state index < -0.39 is 0 Å². The lowest BCUT2D eigenvalue weighted by Crippen LogP contribution is -2.44. The molecule has 3 atom stereocenters. The van der Waals surface area contributed by atoms with Gasteiger partial charge in [0.1, 0.15) is 0 Å². The van der Waals surface area contributed by atoms with Crippen LogP contribution in [0.15, 0.2) is 0 Å². The van der Waals surface area contributed by atoms with E-state index in [1.165, 1.54) is 5.01 Å². The summed E-state index contributed by atoms with van der Waals surface area (Å²) in [7, 11) is 0. The summed E-state index contributed by atoms with van der Waals surface area (Å²) < 4.78 is 0. The van der Waals surface area contributed by atoms with Crippen LogP contribution in [0, 0.1) is 0 Å². The van der Waals surface area contributed by atoms with E-state index in [0.717, 1.165) is 5.75 Å². The summed E-state index contributed by atoms with van der Waals surface area (Å²) >= 11 is 1.86. The molecule has 5 heteroatoms. The second kappa shape index (κ2) is 2.28. The van der Waals surface area contributed by atoms with Crippen LogP contribution in [0.3, 0.4) is 0 Å². The van der Waals surface area contributed by atoms with Gasteiger partial charge >= 0.3 is 6.03 Å². The summed E-state index contributed by atoms with van der Waals surface area (Å²) in [4.78, 5) is 11.0. The van der Waals surface area contributed by atoms with Crippen molar-refractivity contribution in [3.8, 4) is 0 Å². The van der Waals surface area contributed by atoms with Gasteiger partial charge < -0.3 is 5.32 Å². The zero-order valence-electron chi connectivity index (χ0n) is 6.28. The smallest absolute Gasteiger partial charge is 0.331 e. The second-order valence-electron chi connectivity index (χ2n) is 2.99. The molecule has 0 aliphatic carbocycles. The number of carbonyl (C=O) groups is 1. The van der Waals surface area contributed by atoms with E-state index >= 15 is 0 Å². The first-order valence-electron chi connectivity index (χ1n) is 3.66. The molecule has 0 aromatic heterocycles. The predicted molar refractivity (Wildman–Crippen MR) is 44.1 cm³/mol. The van der Waals surface area contributed by atoms with Crippen molar-refractivity contribution in [2.75, 3.05) is 5.75 Å². The number of fused-ring (bicyclic) bond motifs is 1. The monoisotopic (exact) mass is 173 g/mol. The Bertz CT molecular complexity index is 198. The van der Waals surface area contributed by atoms with Gasteiger partial charge in [0.05, 0.1) is 12.1 Å². The van der Waals surface area contributed by atoms with Gasteiger partial charge in [-0.05, 0) is 0 Å². The van der Waals surface area contributed by atoms with Gasteiger partial charge in [-0.2, -0.15) is 11.8 Å². The van der Waals surface area contributed by atoms with Crippen molar-refractivity contribution in [1.82, 2.24) is 10.3 Å². The number of carbonyl (C=O) groups excluding carboxylic acids is 1. The topological polar surface area (TPSA) is 58.4 Å². The summed E-state index contributed by atoms with van der Waals surface area (Å²) in [5.74, 6) is 6.55. The van der Waals surface area contributed by atoms with Crippen LogP contribution in [0.25, 0.3) is 0 Å². The third kappa shape index (κ3) is 0.911. The average Bonchev–Trinajstić information content (AvgIpc) is 2.41. The minimum absolute atomic E-state index is 0.132. The zero-order valence-corrected chi connectivity index (χ0v) is 7.10. The van der Waals surface area contributed by atoms with Gasteiger partial charge in [-0.3, -0.25) is 5.01 Å². The van der Waals surface area contributed by atoms with Gasteiger partial charge in [-0.1, -0.05) is 6.92 Å². The van der Waals surface area contributed by atoms with Crippen molar-refractivity contribution in [2.24, 2.45) is 5.84 Å². The maximum absolute atomic E-state index is 11.0. The van der Waals surface area contributed by atoms with Crippen molar-refractivity contribution in [3.05, 3.63) is 0 Å². The number of amides is 2. The fourth-order valence-corrected chi connectivity index (χ4v) is 3.00. The fourth-order valence-electron chi connectivity index (χ4n) is 1.70. The minimum atomic E-state index is -0.132. The molecule has 0 saturated carbocycles. The molecule has 2 fully saturated rings. The van der Waals surface area contributed by atoms with Crippen molar-refractivity contribution in [1.29, 1.82) is 0 Å². The van der Waals surface area contributed by atoms with Crippen molar-refractivity contribution < 1.29 is 4.79 Å². The van der Waals surface area contributed by atoms with E-state index in [4.69, 9.17) is 5.84 Å². The molecule has 2 rings (SSSR count). The van der Waals surface area contributed by atoms with E-state index in [0.29, 0.717) is 5.25 Å². The lowest BCUT2D eigenvalue weighted by atomic mass is 10.1. The Morgan fingerprint density at radius 2 is 2.55 bits per heavy atom. The SMILES string of the molecule is CC1SC[C@H]2NC(=O)N(N)[C@@H]12. The fraction of sp³-hybridized carbons (Fsp3) is 0.833. The Hall–Kier alpha value is -0.420. The lowest BCUT2D eigenvalue weighted by molar-refractivity contribution is 0.204. The zero-order chi connectivity index (χ0) is 8.01. The molecule has 62 valence electrons. The van der Waals surface area contributed by atoms with Crippen LogP contribution in [-0.2, 0) is 0 Å². The maximum atomic E-state index is 11.0.